The standard InChI is InChI=1S/C17H19ClN4O2.HI/c1-24-15-8-6-14(7-9-15)22-17(19)21-11-10-20-16(23)12-2-4-13(18)5-3-12;/h2-9H,10-11H2,1H3,(H,20,23)(H3,19,21,22);1H. The van der Waals surface area contributed by atoms with Crippen LogP contribution in [-0.2, 0) is 0 Å². The van der Waals surface area contributed by atoms with Gasteiger partial charge in [0.2, 0.25) is 0 Å². The van der Waals surface area contributed by atoms with E-state index in [9.17, 15) is 4.79 Å². The van der Waals surface area contributed by atoms with Crippen molar-refractivity contribution >= 4 is 53.1 Å². The molecule has 134 valence electrons. The van der Waals surface area contributed by atoms with Crippen LogP contribution in [0.3, 0.4) is 0 Å². The second-order valence-electron chi connectivity index (χ2n) is 4.88. The number of carbonyl (C=O) groups is 1. The van der Waals surface area contributed by atoms with Gasteiger partial charge in [-0.15, -0.1) is 24.0 Å². The van der Waals surface area contributed by atoms with Crippen molar-refractivity contribution in [1.29, 1.82) is 0 Å². The minimum atomic E-state index is -0.177. The molecule has 0 aliphatic heterocycles. The van der Waals surface area contributed by atoms with Gasteiger partial charge in [-0.25, -0.2) is 0 Å². The lowest BCUT2D eigenvalue weighted by atomic mass is 10.2. The smallest absolute Gasteiger partial charge is 0.251 e. The number of hydrogen-bond donors (Lipinski definition) is 3. The van der Waals surface area contributed by atoms with Crippen molar-refractivity contribution in [2.24, 2.45) is 10.7 Å². The quantitative estimate of drug-likeness (QED) is 0.260. The number of rotatable bonds is 6. The minimum Gasteiger partial charge on any atom is -0.497 e. The van der Waals surface area contributed by atoms with Gasteiger partial charge in [-0.1, -0.05) is 11.6 Å². The van der Waals surface area contributed by atoms with Crippen LogP contribution in [0.4, 0.5) is 5.69 Å². The van der Waals surface area contributed by atoms with E-state index in [1.807, 2.05) is 24.3 Å². The fourth-order valence-electron chi connectivity index (χ4n) is 1.91. The van der Waals surface area contributed by atoms with Gasteiger partial charge in [0.05, 0.1) is 13.7 Å². The second-order valence-corrected chi connectivity index (χ2v) is 5.32. The highest BCUT2D eigenvalue weighted by atomic mass is 127. The molecule has 0 saturated carbocycles. The first-order valence-corrected chi connectivity index (χ1v) is 7.71. The maximum Gasteiger partial charge on any atom is 0.251 e. The van der Waals surface area contributed by atoms with Crippen molar-refractivity contribution in [2.45, 2.75) is 0 Å². The molecule has 0 unspecified atom stereocenters. The Morgan fingerprint density at radius 3 is 2.40 bits per heavy atom. The summed E-state index contributed by atoms with van der Waals surface area (Å²) in [6.45, 7) is 0.751. The fourth-order valence-corrected chi connectivity index (χ4v) is 2.04. The monoisotopic (exact) mass is 474 g/mol. The lowest BCUT2D eigenvalue weighted by Gasteiger charge is -2.07. The fraction of sp³-hybridized carbons (Fsp3) is 0.176. The molecule has 0 bridgehead atoms. The van der Waals surface area contributed by atoms with Crippen molar-refractivity contribution in [3.05, 3.63) is 59.1 Å². The number of methoxy groups -OCH3 is 1. The maximum atomic E-state index is 11.9. The molecule has 0 atom stereocenters. The van der Waals surface area contributed by atoms with Crippen LogP contribution in [0, 0.1) is 0 Å². The van der Waals surface area contributed by atoms with E-state index in [4.69, 9.17) is 22.1 Å². The van der Waals surface area contributed by atoms with Gasteiger partial charge in [-0.3, -0.25) is 9.79 Å². The molecule has 25 heavy (non-hydrogen) atoms. The number of benzene rings is 2. The number of nitrogens with two attached hydrogens (primary N) is 1. The number of nitrogens with zero attached hydrogens (tertiary/aromatic N) is 1. The van der Waals surface area contributed by atoms with Crippen LogP contribution in [0.2, 0.25) is 5.02 Å². The molecule has 6 nitrogen and oxygen atoms in total. The highest BCUT2D eigenvalue weighted by Gasteiger charge is 2.03. The molecule has 0 aliphatic carbocycles. The number of hydrogen-bond acceptors (Lipinski definition) is 3. The average Bonchev–Trinajstić information content (AvgIpc) is 2.60. The molecule has 0 fully saturated rings. The zero-order valence-electron chi connectivity index (χ0n) is 13.7. The van der Waals surface area contributed by atoms with E-state index in [-0.39, 0.29) is 35.8 Å². The van der Waals surface area contributed by atoms with Crippen LogP contribution in [-0.4, -0.2) is 32.1 Å². The van der Waals surface area contributed by atoms with Gasteiger partial charge in [-0.2, -0.15) is 0 Å². The molecular formula is C17H20ClIN4O2. The summed E-state index contributed by atoms with van der Waals surface area (Å²) in [7, 11) is 1.61. The number of guanidine groups is 1. The van der Waals surface area contributed by atoms with Gasteiger partial charge >= 0.3 is 0 Å². The number of anilines is 1. The SMILES string of the molecule is COc1ccc(NC(N)=NCCNC(=O)c2ccc(Cl)cc2)cc1.I. The zero-order valence-corrected chi connectivity index (χ0v) is 16.7. The van der Waals surface area contributed by atoms with E-state index in [1.165, 1.54) is 0 Å². The number of carbonyl (C=O) groups excluding carboxylic acids is 1. The Bertz CT molecular complexity index is 706. The predicted molar refractivity (Wildman–Crippen MR) is 112 cm³/mol. The Labute approximate surface area is 168 Å². The number of halogens is 2. The number of ether oxygens (including phenoxy) is 1. The third-order valence-corrected chi connectivity index (χ3v) is 3.40. The van der Waals surface area contributed by atoms with Crippen molar-refractivity contribution in [1.82, 2.24) is 5.32 Å². The van der Waals surface area contributed by atoms with Crippen LogP contribution < -0.4 is 21.1 Å². The molecule has 4 N–H and O–H groups in total. The molecule has 2 aromatic rings. The third-order valence-electron chi connectivity index (χ3n) is 3.15. The molecule has 8 heteroatoms. The third kappa shape index (κ3) is 7.18. The molecule has 0 saturated heterocycles. The molecular weight excluding hydrogens is 455 g/mol. The Hall–Kier alpha value is -2.00. The lowest BCUT2D eigenvalue weighted by Crippen LogP contribution is -2.28. The predicted octanol–water partition coefficient (Wildman–Crippen LogP) is 3.12. The van der Waals surface area contributed by atoms with Crippen molar-refractivity contribution < 1.29 is 9.53 Å². The van der Waals surface area contributed by atoms with Crippen LogP contribution in [0.15, 0.2) is 53.5 Å². The normalized spacial score (nSPS) is 10.6. The molecule has 0 aliphatic rings. The van der Waals surface area contributed by atoms with E-state index >= 15 is 0 Å². The highest BCUT2D eigenvalue weighted by molar-refractivity contribution is 14.0. The van der Waals surface area contributed by atoms with E-state index < -0.39 is 0 Å². The Kier molecular flexibility index (Phi) is 9.07. The van der Waals surface area contributed by atoms with E-state index in [0.717, 1.165) is 11.4 Å². The van der Waals surface area contributed by atoms with E-state index in [1.54, 1.807) is 31.4 Å². The average molecular weight is 475 g/mol. The highest BCUT2D eigenvalue weighted by Crippen LogP contribution is 2.14. The topological polar surface area (TPSA) is 88.7 Å². The number of nitrogens with one attached hydrogen (secondary N) is 2. The van der Waals surface area contributed by atoms with Gasteiger partial charge in [0.1, 0.15) is 5.75 Å². The van der Waals surface area contributed by atoms with Gasteiger partial charge in [-0.05, 0) is 48.5 Å². The molecule has 0 heterocycles. The summed E-state index contributed by atoms with van der Waals surface area (Å²) in [4.78, 5) is 16.0. The summed E-state index contributed by atoms with van der Waals surface area (Å²) in [6, 6.07) is 14.0. The van der Waals surface area contributed by atoms with Crippen LogP contribution in [0.25, 0.3) is 0 Å². The Balaban J connectivity index is 0.00000312. The van der Waals surface area contributed by atoms with Crippen molar-refractivity contribution in [3.63, 3.8) is 0 Å². The first-order valence-electron chi connectivity index (χ1n) is 7.33. The summed E-state index contributed by atoms with van der Waals surface area (Å²) >= 11 is 5.78. The summed E-state index contributed by atoms with van der Waals surface area (Å²) < 4.78 is 5.08. The molecule has 0 aromatic heterocycles. The van der Waals surface area contributed by atoms with E-state index in [2.05, 4.69) is 15.6 Å². The second kappa shape index (κ2) is 10.8. The van der Waals surface area contributed by atoms with E-state index in [0.29, 0.717) is 23.7 Å². The summed E-state index contributed by atoms with van der Waals surface area (Å²) in [5.74, 6) is 0.866. The zero-order chi connectivity index (χ0) is 17.4. The van der Waals surface area contributed by atoms with Gasteiger partial charge in [0.15, 0.2) is 5.96 Å². The summed E-state index contributed by atoms with van der Waals surface area (Å²) in [5, 5.41) is 6.32. The molecule has 0 radical (unpaired) electrons. The Morgan fingerprint density at radius 2 is 1.80 bits per heavy atom. The maximum absolute atomic E-state index is 11.9. The van der Waals surface area contributed by atoms with Gasteiger partial charge in [0.25, 0.3) is 5.91 Å². The van der Waals surface area contributed by atoms with Crippen LogP contribution >= 0.6 is 35.6 Å². The lowest BCUT2D eigenvalue weighted by molar-refractivity contribution is 0.0955. The summed E-state index contributed by atoms with van der Waals surface area (Å²) in [5.41, 5.74) is 7.16. The number of amides is 1. The van der Waals surface area contributed by atoms with Crippen molar-refractivity contribution in [3.8, 4) is 5.75 Å². The Morgan fingerprint density at radius 1 is 1.16 bits per heavy atom. The van der Waals surface area contributed by atoms with Crippen LogP contribution in [0.5, 0.6) is 5.75 Å². The first-order chi connectivity index (χ1) is 11.6. The minimum absolute atomic E-state index is 0. The van der Waals surface area contributed by atoms with Crippen molar-refractivity contribution in [2.75, 3.05) is 25.5 Å². The molecule has 1 amide bonds. The van der Waals surface area contributed by atoms with Crippen LogP contribution in [0.1, 0.15) is 10.4 Å². The first kappa shape index (κ1) is 21.0. The van der Waals surface area contributed by atoms with Gasteiger partial charge in [0, 0.05) is 22.8 Å². The molecule has 2 aromatic carbocycles. The molecule has 0 spiro atoms. The van der Waals surface area contributed by atoms with Gasteiger partial charge < -0.3 is 21.1 Å². The summed E-state index contributed by atoms with van der Waals surface area (Å²) in [6.07, 6.45) is 0. The molecule has 2 rings (SSSR count). The number of aliphatic imine (C=N–C) groups is 1. The largest absolute Gasteiger partial charge is 0.497 e.